The van der Waals surface area contributed by atoms with Crippen molar-refractivity contribution in [2.24, 2.45) is 5.92 Å². The molecule has 1 saturated heterocycles. The Morgan fingerprint density at radius 2 is 1.45 bits per heavy atom. The van der Waals surface area contributed by atoms with E-state index >= 15 is 0 Å². The zero-order chi connectivity index (χ0) is 23.4. The van der Waals surface area contributed by atoms with Crippen LogP contribution in [-0.2, 0) is 9.47 Å². The van der Waals surface area contributed by atoms with E-state index in [1.54, 1.807) is 42.5 Å². The summed E-state index contributed by atoms with van der Waals surface area (Å²) in [6.45, 7) is 4.86. The third-order valence-electron chi connectivity index (χ3n) is 6.24. The predicted molar refractivity (Wildman–Crippen MR) is 124 cm³/mol. The highest BCUT2D eigenvalue weighted by atomic mass is 19.2. The van der Waals surface area contributed by atoms with Crippen molar-refractivity contribution in [1.82, 2.24) is 0 Å². The lowest BCUT2D eigenvalue weighted by Crippen LogP contribution is -2.27. The molecular weight excluding hydrogens is 425 g/mol. The van der Waals surface area contributed by atoms with E-state index in [4.69, 9.17) is 9.47 Å². The van der Waals surface area contributed by atoms with E-state index < -0.39 is 23.7 Å². The fourth-order valence-corrected chi connectivity index (χ4v) is 4.18. The third kappa shape index (κ3) is 5.31. The van der Waals surface area contributed by atoms with Crippen LogP contribution in [0.3, 0.4) is 0 Å². The van der Waals surface area contributed by atoms with Gasteiger partial charge in [0.15, 0.2) is 17.9 Å². The van der Waals surface area contributed by atoms with Gasteiger partial charge in [-0.15, -0.1) is 0 Å². The highest BCUT2D eigenvalue weighted by Gasteiger charge is 2.25. The molecule has 1 heterocycles. The number of ether oxygens (including phenoxy) is 2. The van der Waals surface area contributed by atoms with E-state index in [0.717, 1.165) is 18.4 Å². The standard InChI is InChI=1S/C28H29F3O2/c1-3-4-5-6-19-16-32-28(33-17-19)24-14-12-22(15-25(24)29)20-8-10-21(11-9-20)23-13-7-18(2)26(30)27(23)31/h7-15,19,28H,3-6,16-17H2,1-2H3. The molecule has 1 fully saturated rings. The molecule has 0 aliphatic carbocycles. The van der Waals surface area contributed by atoms with Gasteiger partial charge in [0.05, 0.1) is 13.2 Å². The Bertz CT molecular complexity index is 1090. The Morgan fingerprint density at radius 1 is 0.788 bits per heavy atom. The monoisotopic (exact) mass is 454 g/mol. The summed E-state index contributed by atoms with van der Waals surface area (Å²) in [5.74, 6) is -1.73. The Kier molecular flexibility index (Phi) is 7.51. The highest BCUT2D eigenvalue weighted by molar-refractivity contribution is 5.71. The van der Waals surface area contributed by atoms with Crippen LogP contribution in [-0.4, -0.2) is 13.2 Å². The Hall–Kier alpha value is -2.63. The van der Waals surface area contributed by atoms with Gasteiger partial charge < -0.3 is 9.47 Å². The minimum absolute atomic E-state index is 0.200. The van der Waals surface area contributed by atoms with Gasteiger partial charge in [0.2, 0.25) is 0 Å². The van der Waals surface area contributed by atoms with Crippen LogP contribution in [0.25, 0.3) is 22.3 Å². The fraction of sp³-hybridized carbons (Fsp3) is 0.357. The molecule has 174 valence electrons. The normalized spacial score (nSPS) is 18.5. The molecule has 33 heavy (non-hydrogen) atoms. The SMILES string of the molecule is CCCCCC1COC(c2ccc(-c3ccc(-c4ccc(C)c(F)c4F)cc3)cc2F)OC1. The van der Waals surface area contributed by atoms with Crippen molar-refractivity contribution in [1.29, 1.82) is 0 Å². The molecule has 0 atom stereocenters. The number of hydrogen-bond donors (Lipinski definition) is 0. The van der Waals surface area contributed by atoms with Crippen LogP contribution in [0.15, 0.2) is 54.6 Å². The summed E-state index contributed by atoms with van der Waals surface area (Å²) in [4.78, 5) is 0. The van der Waals surface area contributed by atoms with E-state index in [1.165, 1.54) is 25.8 Å². The summed E-state index contributed by atoms with van der Waals surface area (Å²) in [5.41, 5.74) is 2.88. The molecule has 0 radical (unpaired) electrons. The minimum Gasteiger partial charge on any atom is -0.348 e. The van der Waals surface area contributed by atoms with Crippen LogP contribution in [0, 0.1) is 30.3 Å². The van der Waals surface area contributed by atoms with Gasteiger partial charge in [-0.3, -0.25) is 0 Å². The zero-order valence-electron chi connectivity index (χ0n) is 19.0. The second-order valence-corrected chi connectivity index (χ2v) is 8.73. The molecule has 0 spiro atoms. The highest BCUT2D eigenvalue weighted by Crippen LogP contribution is 2.33. The van der Waals surface area contributed by atoms with Crippen LogP contribution >= 0.6 is 0 Å². The van der Waals surface area contributed by atoms with Crippen molar-refractivity contribution in [2.75, 3.05) is 13.2 Å². The summed E-state index contributed by atoms with van der Waals surface area (Å²) < 4.78 is 54.7. The largest absolute Gasteiger partial charge is 0.348 e. The lowest BCUT2D eigenvalue weighted by atomic mass is 9.98. The van der Waals surface area contributed by atoms with Gasteiger partial charge in [-0.1, -0.05) is 74.7 Å². The first kappa shape index (κ1) is 23.5. The summed E-state index contributed by atoms with van der Waals surface area (Å²) in [5, 5.41) is 0. The van der Waals surface area contributed by atoms with Crippen molar-refractivity contribution >= 4 is 0 Å². The molecule has 4 rings (SSSR count). The summed E-state index contributed by atoms with van der Waals surface area (Å²) in [6.07, 6.45) is 3.92. The van der Waals surface area contributed by atoms with Gasteiger partial charge in [0.1, 0.15) is 5.82 Å². The minimum atomic E-state index is -0.863. The van der Waals surface area contributed by atoms with Gasteiger partial charge in [-0.2, -0.15) is 0 Å². The van der Waals surface area contributed by atoms with Gasteiger partial charge in [-0.25, -0.2) is 13.2 Å². The number of unbranched alkanes of at least 4 members (excludes halogenated alkanes) is 2. The lowest BCUT2D eigenvalue weighted by Gasteiger charge is -2.30. The molecule has 5 heteroatoms. The summed E-state index contributed by atoms with van der Waals surface area (Å²) in [7, 11) is 0. The number of rotatable bonds is 7. The second kappa shape index (κ2) is 10.5. The molecule has 0 unspecified atom stereocenters. The van der Waals surface area contributed by atoms with Gasteiger partial charge in [-0.05, 0) is 41.7 Å². The Labute approximate surface area is 193 Å². The second-order valence-electron chi connectivity index (χ2n) is 8.73. The van der Waals surface area contributed by atoms with Crippen molar-refractivity contribution in [2.45, 2.75) is 45.8 Å². The van der Waals surface area contributed by atoms with Crippen LogP contribution in [0.5, 0.6) is 0 Å². The Balaban J connectivity index is 1.45. The molecule has 3 aromatic carbocycles. The predicted octanol–water partition coefficient (Wildman–Crippen LogP) is 7.99. The lowest BCUT2D eigenvalue weighted by molar-refractivity contribution is -0.207. The van der Waals surface area contributed by atoms with Gasteiger partial charge in [0, 0.05) is 17.0 Å². The van der Waals surface area contributed by atoms with Gasteiger partial charge in [0.25, 0.3) is 0 Å². The van der Waals surface area contributed by atoms with Crippen LogP contribution < -0.4 is 0 Å². The fourth-order valence-electron chi connectivity index (χ4n) is 4.18. The van der Waals surface area contributed by atoms with Crippen LogP contribution in [0.2, 0.25) is 0 Å². The zero-order valence-corrected chi connectivity index (χ0v) is 19.0. The first-order valence-corrected chi connectivity index (χ1v) is 11.6. The van der Waals surface area contributed by atoms with Crippen molar-refractivity contribution in [3.05, 3.63) is 83.2 Å². The quantitative estimate of drug-likeness (QED) is 0.337. The molecule has 0 saturated carbocycles. The van der Waals surface area contributed by atoms with E-state index in [-0.39, 0.29) is 11.1 Å². The first-order chi connectivity index (χ1) is 16.0. The van der Waals surface area contributed by atoms with Crippen LogP contribution in [0.1, 0.15) is 50.0 Å². The molecule has 2 nitrogen and oxygen atoms in total. The third-order valence-corrected chi connectivity index (χ3v) is 6.24. The van der Waals surface area contributed by atoms with E-state index in [9.17, 15) is 13.2 Å². The van der Waals surface area contributed by atoms with Crippen molar-refractivity contribution in [3.63, 3.8) is 0 Å². The Morgan fingerprint density at radius 3 is 2.12 bits per heavy atom. The van der Waals surface area contributed by atoms with E-state index in [0.29, 0.717) is 35.8 Å². The summed E-state index contributed by atoms with van der Waals surface area (Å²) >= 11 is 0. The molecule has 0 bridgehead atoms. The average molecular weight is 455 g/mol. The molecule has 3 aromatic rings. The molecule has 0 amide bonds. The maximum Gasteiger partial charge on any atom is 0.186 e. The molecule has 0 N–H and O–H groups in total. The number of halogens is 3. The molecular formula is C28H29F3O2. The van der Waals surface area contributed by atoms with Crippen molar-refractivity contribution in [3.8, 4) is 22.3 Å². The maximum atomic E-state index is 14.9. The molecule has 0 aromatic heterocycles. The number of hydrogen-bond acceptors (Lipinski definition) is 2. The maximum absolute atomic E-state index is 14.9. The van der Waals surface area contributed by atoms with Crippen molar-refractivity contribution < 1.29 is 22.6 Å². The van der Waals surface area contributed by atoms with E-state index in [1.807, 2.05) is 6.07 Å². The smallest absolute Gasteiger partial charge is 0.186 e. The molecule has 1 aliphatic rings. The molecule has 1 aliphatic heterocycles. The van der Waals surface area contributed by atoms with Gasteiger partial charge >= 0.3 is 0 Å². The first-order valence-electron chi connectivity index (χ1n) is 11.6. The summed E-state index contributed by atoms with van der Waals surface area (Å²) in [6, 6.07) is 15.0. The average Bonchev–Trinajstić information content (AvgIpc) is 2.83. The topological polar surface area (TPSA) is 18.5 Å². The van der Waals surface area contributed by atoms with Crippen LogP contribution in [0.4, 0.5) is 13.2 Å². The number of aryl methyl sites for hydroxylation is 1. The number of benzene rings is 3. The van der Waals surface area contributed by atoms with E-state index in [2.05, 4.69) is 6.92 Å².